The van der Waals surface area contributed by atoms with Gasteiger partial charge in [0.15, 0.2) is 0 Å². The van der Waals surface area contributed by atoms with Crippen LogP contribution in [0.25, 0.3) is 0 Å². The minimum atomic E-state index is -3.41. The van der Waals surface area contributed by atoms with Crippen molar-refractivity contribution in [3.05, 3.63) is 47.1 Å². The van der Waals surface area contributed by atoms with Crippen molar-refractivity contribution in [3.63, 3.8) is 0 Å². The van der Waals surface area contributed by atoms with E-state index in [-0.39, 0.29) is 23.5 Å². The Morgan fingerprint density at radius 1 is 1.46 bits per heavy atom. The van der Waals surface area contributed by atoms with Gasteiger partial charge >= 0.3 is 0 Å². The molecule has 0 fully saturated rings. The zero-order chi connectivity index (χ0) is 19.5. The summed E-state index contributed by atoms with van der Waals surface area (Å²) < 4.78 is 35.1. The lowest BCUT2D eigenvalue weighted by atomic mass is 9.82. The number of hydrogen-bond acceptors (Lipinski definition) is 3. The van der Waals surface area contributed by atoms with Gasteiger partial charge in [0.25, 0.3) is 5.92 Å². The summed E-state index contributed by atoms with van der Waals surface area (Å²) in [5.41, 5.74) is 0.890. The molecule has 0 amide bonds. The summed E-state index contributed by atoms with van der Waals surface area (Å²) in [5, 5.41) is 19.3. The monoisotopic (exact) mass is 361 g/mol. The van der Waals surface area contributed by atoms with Crippen LogP contribution in [0.4, 0.5) is 8.78 Å². The molecule has 0 radical (unpaired) electrons. The standard InChI is InChI=1S/C21H25F2NO2/c1-13(2)26-19-12-17(21(22,23)15(4)8-9-24)11-18(25)20(19)16-7-5-6-14(3)10-16/h6,11-13,16,25H,4-5,7-8,10H2,1-3H3. The molecule has 0 spiro atoms. The number of phenols is 1. The Labute approximate surface area is 153 Å². The summed E-state index contributed by atoms with van der Waals surface area (Å²) in [7, 11) is 0. The zero-order valence-corrected chi connectivity index (χ0v) is 15.5. The molecule has 0 aromatic heterocycles. The van der Waals surface area contributed by atoms with Gasteiger partial charge in [0.05, 0.1) is 18.6 Å². The molecule has 1 aliphatic rings. The molecule has 1 aliphatic carbocycles. The molecule has 140 valence electrons. The average Bonchev–Trinajstić information content (AvgIpc) is 2.54. The van der Waals surface area contributed by atoms with Crippen LogP contribution in [-0.4, -0.2) is 11.2 Å². The van der Waals surface area contributed by atoms with E-state index in [2.05, 4.69) is 12.7 Å². The molecule has 0 aliphatic heterocycles. The maximum Gasteiger partial charge on any atom is 0.295 e. The van der Waals surface area contributed by atoms with Crippen LogP contribution in [-0.2, 0) is 5.92 Å². The van der Waals surface area contributed by atoms with Crippen LogP contribution in [0.3, 0.4) is 0 Å². The van der Waals surface area contributed by atoms with E-state index in [1.54, 1.807) is 6.07 Å². The first-order valence-corrected chi connectivity index (χ1v) is 8.79. The average molecular weight is 361 g/mol. The first-order chi connectivity index (χ1) is 12.2. The Hall–Kier alpha value is -2.35. The van der Waals surface area contributed by atoms with E-state index >= 15 is 0 Å². The van der Waals surface area contributed by atoms with Gasteiger partial charge < -0.3 is 9.84 Å². The quantitative estimate of drug-likeness (QED) is 0.637. The highest BCUT2D eigenvalue weighted by atomic mass is 19.3. The van der Waals surface area contributed by atoms with Gasteiger partial charge in [-0.25, -0.2) is 0 Å². The van der Waals surface area contributed by atoms with Crippen molar-refractivity contribution in [2.45, 2.75) is 64.4 Å². The molecule has 1 N–H and O–H groups in total. The second-order valence-corrected chi connectivity index (χ2v) is 7.12. The van der Waals surface area contributed by atoms with Gasteiger partial charge in [-0.1, -0.05) is 18.2 Å². The summed E-state index contributed by atoms with van der Waals surface area (Å²) in [6.45, 7) is 8.98. The first kappa shape index (κ1) is 20.0. The Morgan fingerprint density at radius 2 is 2.15 bits per heavy atom. The Balaban J connectivity index is 2.52. The van der Waals surface area contributed by atoms with Crippen LogP contribution < -0.4 is 4.74 Å². The van der Waals surface area contributed by atoms with Crippen LogP contribution in [0.2, 0.25) is 0 Å². The molecule has 5 heteroatoms. The molecule has 1 unspecified atom stereocenters. The number of alkyl halides is 2. The van der Waals surface area contributed by atoms with Crippen LogP contribution in [0, 0.1) is 11.3 Å². The number of hydrogen-bond donors (Lipinski definition) is 1. The number of phenolic OH excluding ortho intramolecular Hbond substituents is 1. The predicted molar refractivity (Wildman–Crippen MR) is 97.5 cm³/mol. The molecule has 26 heavy (non-hydrogen) atoms. The van der Waals surface area contributed by atoms with E-state index < -0.39 is 23.5 Å². The van der Waals surface area contributed by atoms with Gasteiger partial charge in [-0.3, -0.25) is 0 Å². The number of allylic oxidation sites excluding steroid dienone is 3. The van der Waals surface area contributed by atoms with Crippen LogP contribution in [0.15, 0.2) is 35.9 Å². The molecular weight excluding hydrogens is 336 g/mol. The first-order valence-electron chi connectivity index (χ1n) is 8.79. The minimum Gasteiger partial charge on any atom is -0.508 e. The largest absolute Gasteiger partial charge is 0.508 e. The molecular formula is C21H25F2NO2. The van der Waals surface area contributed by atoms with E-state index in [9.17, 15) is 13.9 Å². The minimum absolute atomic E-state index is 0.0266. The normalized spacial score (nSPS) is 17.6. The summed E-state index contributed by atoms with van der Waals surface area (Å²) in [4.78, 5) is 0. The third-order valence-corrected chi connectivity index (χ3v) is 4.57. The number of halogens is 2. The van der Waals surface area contributed by atoms with Crippen LogP contribution in [0.5, 0.6) is 11.5 Å². The van der Waals surface area contributed by atoms with Crippen molar-refractivity contribution in [2.24, 2.45) is 0 Å². The lowest BCUT2D eigenvalue weighted by Crippen LogP contribution is -2.18. The van der Waals surface area contributed by atoms with Gasteiger partial charge in [0, 0.05) is 16.7 Å². The number of aromatic hydroxyl groups is 1. The van der Waals surface area contributed by atoms with Crippen molar-refractivity contribution >= 4 is 0 Å². The van der Waals surface area contributed by atoms with E-state index in [0.29, 0.717) is 5.56 Å². The fourth-order valence-electron chi connectivity index (χ4n) is 3.32. The molecule has 2 rings (SSSR count). The van der Waals surface area contributed by atoms with Crippen LogP contribution >= 0.6 is 0 Å². The SMILES string of the molecule is C=C(CC#N)C(F)(F)c1cc(O)c(C2CCC=C(C)C2)c(OC(C)C)c1. The number of rotatable bonds is 6. The zero-order valence-electron chi connectivity index (χ0n) is 15.5. The topological polar surface area (TPSA) is 53.2 Å². The summed E-state index contributed by atoms with van der Waals surface area (Å²) in [6, 6.07) is 4.06. The number of nitrogens with zero attached hydrogens (tertiary/aromatic N) is 1. The summed E-state index contributed by atoms with van der Waals surface area (Å²) in [6.07, 6.45) is 3.95. The smallest absolute Gasteiger partial charge is 0.295 e. The molecule has 1 aromatic rings. The third kappa shape index (κ3) is 4.24. The fourth-order valence-corrected chi connectivity index (χ4v) is 3.32. The molecule has 1 aromatic carbocycles. The molecule has 3 nitrogen and oxygen atoms in total. The predicted octanol–water partition coefficient (Wildman–Crippen LogP) is 5.95. The van der Waals surface area contributed by atoms with E-state index in [0.717, 1.165) is 25.3 Å². The van der Waals surface area contributed by atoms with E-state index in [1.165, 1.54) is 11.6 Å². The van der Waals surface area contributed by atoms with Gasteiger partial charge in [0.2, 0.25) is 0 Å². The number of nitriles is 1. The number of benzene rings is 1. The van der Waals surface area contributed by atoms with E-state index in [4.69, 9.17) is 10.00 Å². The second kappa shape index (κ2) is 7.90. The fraction of sp³-hybridized carbons (Fsp3) is 0.476. The molecule has 0 bridgehead atoms. The summed E-state index contributed by atoms with van der Waals surface area (Å²) in [5.74, 6) is -3.30. The van der Waals surface area contributed by atoms with Crippen LogP contribution in [0.1, 0.15) is 63.5 Å². The van der Waals surface area contributed by atoms with Crippen molar-refractivity contribution in [1.82, 2.24) is 0 Å². The van der Waals surface area contributed by atoms with Gasteiger partial charge in [0.1, 0.15) is 11.5 Å². The molecule has 0 saturated carbocycles. The van der Waals surface area contributed by atoms with Gasteiger partial charge in [-0.15, -0.1) is 0 Å². The Bertz CT molecular complexity index is 760. The molecule has 0 heterocycles. The van der Waals surface area contributed by atoms with Crippen molar-refractivity contribution in [1.29, 1.82) is 5.26 Å². The highest BCUT2D eigenvalue weighted by Gasteiger charge is 2.37. The lowest BCUT2D eigenvalue weighted by Gasteiger charge is -2.27. The second-order valence-electron chi connectivity index (χ2n) is 7.12. The number of ether oxygens (including phenoxy) is 1. The summed E-state index contributed by atoms with van der Waals surface area (Å²) >= 11 is 0. The maximum atomic E-state index is 14.6. The van der Waals surface area contributed by atoms with Gasteiger partial charge in [-0.2, -0.15) is 14.0 Å². The third-order valence-electron chi connectivity index (χ3n) is 4.57. The van der Waals surface area contributed by atoms with Crippen molar-refractivity contribution < 1.29 is 18.6 Å². The van der Waals surface area contributed by atoms with E-state index in [1.807, 2.05) is 20.8 Å². The van der Waals surface area contributed by atoms with Crippen molar-refractivity contribution in [3.8, 4) is 17.6 Å². The highest BCUT2D eigenvalue weighted by molar-refractivity contribution is 5.52. The molecule has 1 atom stereocenters. The maximum absolute atomic E-state index is 14.6. The Morgan fingerprint density at radius 3 is 2.73 bits per heavy atom. The van der Waals surface area contributed by atoms with Crippen molar-refractivity contribution in [2.75, 3.05) is 0 Å². The molecule has 0 saturated heterocycles. The highest BCUT2D eigenvalue weighted by Crippen LogP contribution is 2.47. The van der Waals surface area contributed by atoms with Gasteiger partial charge in [-0.05, 0) is 58.1 Å². The lowest BCUT2D eigenvalue weighted by molar-refractivity contribution is 0.0359. The Kier molecular flexibility index (Phi) is 6.07.